The van der Waals surface area contributed by atoms with Gasteiger partial charge in [0.1, 0.15) is 5.56 Å². The van der Waals surface area contributed by atoms with E-state index in [-0.39, 0.29) is 5.97 Å². The van der Waals surface area contributed by atoms with E-state index in [2.05, 4.69) is 25.8 Å². The lowest BCUT2D eigenvalue weighted by Gasteiger charge is -2.31. The minimum Gasteiger partial charge on any atom is -0.462 e. The molecule has 1 aromatic carbocycles. The fraction of sp³-hybridized carbons (Fsp3) is 0.412. The zero-order chi connectivity index (χ0) is 15.5. The summed E-state index contributed by atoms with van der Waals surface area (Å²) in [5.41, 5.74) is 2.41. The Labute approximate surface area is 138 Å². The van der Waals surface area contributed by atoms with Crippen LogP contribution in [0, 0.1) is 0 Å². The van der Waals surface area contributed by atoms with E-state index in [1.807, 2.05) is 25.1 Å². The summed E-state index contributed by atoms with van der Waals surface area (Å²) < 4.78 is 6.16. The number of carbonyl (C=O) groups excluding carboxylic acids is 1. The topological polar surface area (TPSA) is 42.4 Å². The van der Waals surface area contributed by atoms with Gasteiger partial charge in [0.25, 0.3) is 0 Å². The van der Waals surface area contributed by atoms with Crippen molar-refractivity contribution < 1.29 is 9.53 Å². The largest absolute Gasteiger partial charge is 0.462 e. The van der Waals surface area contributed by atoms with Gasteiger partial charge in [0.05, 0.1) is 17.8 Å². The number of fused-ring (bicyclic) bond motifs is 1. The first-order chi connectivity index (χ1) is 10.7. The molecule has 0 unspecified atom stereocenters. The molecular weight excluding hydrogens is 344 g/mol. The van der Waals surface area contributed by atoms with Crippen LogP contribution in [-0.4, -0.2) is 30.6 Å². The van der Waals surface area contributed by atoms with Crippen LogP contribution in [0.5, 0.6) is 0 Å². The highest BCUT2D eigenvalue weighted by Crippen LogP contribution is 2.34. The number of ether oxygens (including phenoxy) is 1. The third kappa shape index (κ3) is 2.82. The van der Waals surface area contributed by atoms with Crippen LogP contribution in [0.2, 0.25) is 0 Å². The SMILES string of the molecule is CCOC(=O)c1cnc2c(Br)cccc2c1N1CCCCC1. The molecule has 0 bridgehead atoms. The summed E-state index contributed by atoms with van der Waals surface area (Å²) in [6.07, 6.45) is 5.20. The van der Waals surface area contributed by atoms with Crippen molar-refractivity contribution in [1.29, 1.82) is 0 Å². The fourth-order valence-corrected chi connectivity index (χ4v) is 3.46. The van der Waals surface area contributed by atoms with E-state index < -0.39 is 0 Å². The Balaban J connectivity index is 2.19. The van der Waals surface area contributed by atoms with Crippen molar-refractivity contribution in [1.82, 2.24) is 4.98 Å². The number of anilines is 1. The van der Waals surface area contributed by atoms with E-state index in [1.165, 1.54) is 6.42 Å². The lowest BCUT2D eigenvalue weighted by Crippen LogP contribution is -2.31. The molecule has 2 aromatic rings. The molecule has 0 radical (unpaired) electrons. The monoisotopic (exact) mass is 362 g/mol. The van der Waals surface area contributed by atoms with Crippen molar-refractivity contribution in [2.75, 3.05) is 24.6 Å². The van der Waals surface area contributed by atoms with Gasteiger partial charge in [-0.05, 0) is 48.2 Å². The molecular formula is C17H19BrN2O2. The van der Waals surface area contributed by atoms with E-state index in [1.54, 1.807) is 6.20 Å². The lowest BCUT2D eigenvalue weighted by molar-refractivity contribution is 0.0526. The highest BCUT2D eigenvalue weighted by Gasteiger charge is 2.23. The summed E-state index contributed by atoms with van der Waals surface area (Å²) in [6, 6.07) is 5.98. The van der Waals surface area contributed by atoms with Crippen molar-refractivity contribution in [3.8, 4) is 0 Å². The number of esters is 1. The average Bonchev–Trinajstić information content (AvgIpc) is 2.55. The maximum atomic E-state index is 12.3. The van der Waals surface area contributed by atoms with Gasteiger partial charge < -0.3 is 9.64 Å². The summed E-state index contributed by atoms with van der Waals surface area (Å²) in [5.74, 6) is -0.294. The van der Waals surface area contributed by atoms with Crippen LogP contribution >= 0.6 is 15.9 Å². The van der Waals surface area contributed by atoms with Crippen LogP contribution in [0.4, 0.5) is 5.69 Å². The van der Waals surface area contributed by atoms with E-state index in [0.29, 0.717) is 12.2 Å². The van der Waals surface area contributed by atoms with Gasteiger partial charge in [-0.3, -0.25) is 4.98 Å². The molecule has 2 heterocycles. The van der Waals surface area contributed by atoms with Crippen LogP contribution in [-0.2, 0) is 4.74 Å². The van der Waals surface area contributed by atoms with Gasteiger partial charge in [-0.25, -0.2) is 4.79 Å². The Hall–Kier alpha value is -1.62. The van der Waals surface area contributed by atoms with E-state index in [4.69, 9.17) is 4.74 Å². The smallest absolute Gasteiger partial charge is 0.341 e. The number of aromatic nitrogens is 1. The van der Waals surface area contributed by atoms with E-state index >= 15 is 0 Å². The normalized spacial score (nSPS) is 15.1. The molecule has 0 N–H and O–H groups in total. The molecule has 5 heteroatoms. The molecule has 0 aliphatic carbocycles. The highest BCUT2D eigenvalue weighted by atomic mass is 79.9. The van der Waals surface area contributed by atoms with Gasteiger partial charge in [-0.2, -0.15) is 0 Å². The molecule has 1 saturated heterocycles. The maximum absolute atomic E-state index is 12.3. The molecule has 1 fully saturated rings. The maximum Gasteiger partial charge on any atom is 0.341 e. The Bertz CT molecular complexity index is 696. The van der Waals surface area contributed by atoms with Crippen LogP contribution in [0.25, 0.3) is 10.9 Å². The minimum atomic E-state index is -0.294. The summed E-state index contributed by atoms with van der Waals surface area (Å²) in [4.78, 5) is 19.1. The molecule has 0 saturated carbocycles. The van der Waals surface area contributed by atoms with Crippen molar-refractivity contribution in [3.05, 3.63) is 34.4 Å². The summed E-state index contributed by atoms with van der Waals surface area (Å²) in [7, 11) is 0. The Morgan fingerprint density at radius 3 is 2.82 bits per heavy atom. The number of halogens is 1. The molecule has 0 spiro atoms. The molecule has 1 aliphatic heterocycles. The second-order valence-electron chi connectivity index (χ2n) is 5.42. The number of carbonyl (C=O) groups is 1. The quantitative estimate of drug-likeness (QED) is 0.768. The predicted molar refractivity (Wildman–Crippen MR) is 91.5 cm³/mol. The Morgan fingerprint density at radius 1 is 1.32 bits per heavy atom. The molecule has 1 aliphatic rings. The summed E-state index contributed by atoms with van der Waals surface area (Å²) >= 11 is 3.55. The zero-order valence-electron chi connectivity index (χ0n) is 12.6. The zero-order valence-corrected chi connectivity index (χ0v) is 14.2. The molecule has 0 amide bonds. The first-order valence-electron chi connectivity index (χ1n) is 7.71. The molecule has 116 valence electrons. The highest BCUT2D eigenvalue weighted by molar-refractivity contribution is 9.10. The Kier molecular flexibility index (Phi) is 4.62. The van der Waals surface area contributed by atoms with Crippen LogP contribution in [0.15, 0.2) is 28.9 Å². The summed E-state index contributed by atoms with van der Waals surface area (Å²) in [6.45, 7) is 4.13. The first-order valence-corrected chi connectivity index (χ1v) is 8.51. The standard InChI is InChI=1S/C17H19BrN2O2/c1-2-22-17(21)13-11-19-15-12(7-6-8-14(15)18)16(13)20-9-4-3-5-10-20/h6-8,11H,2-5,9-10H2,1H3. The van der Waals surface area contributed by atoms with Crippen LogP contribution in [0.1, 0.15) is 36.5 Å². The Morgan fingerprint density at radius 2 is 2.09 bits per heavy atom. The van der Waals surface area contributed by atoms with Crippen molar-refractivity contribution in [2.24, 2.45) is 0 Å². The second kappa shape index (κ2) is 6.65. The van der Waals surface area contributed by atoms with Crippen LogP contribution < -0.4 is 4.90 Å². The van der Waals surface area contributed by atoms with Gasteiger partial charge in [-0.1, -0.05) is 12.1 Å². The van der Waals surface area contributed by atoms with E-state index in [9.17, 15) is 4.79 Å². The number of hydrogen-bond donors (Lipinski definition) is 0. The van der Waals surface area contributed by atoms with Crippen molar-refractivity contribution in [3.63, 3.8) is 0 Å². The van der Waals surface area contributed by atoms with Gasteiger partial charge in [0.15, 0.2) is 0 Å². The molecule has 3 rings (SSSR count). The van der Waals surface area contributed by atoms with Gasteiger partial charge in [0.2, 0.25) is 0 Å². The average molecular weight is 363 g/mol. The fourth-order valence-electron chi connectivity index (χ4n) is 2.99. The number of benzene rings is 1. The van der Waals surface area contributed by atoms with Crippen molar-refractivity contribution >= 4 is 38.5 Å². The molecule has 4 nitrogen and oxygen atoms in total. The second-order valence-corrected chi connectivity index (χ2v) is 6.28. The third-order valence-corrected chi connectivity index (χ3v) is 4.63. The van der Waals surface area contributed by atoms with Crippen molar-refractivity contribution in [2.45, 2.75) is 26.2 Å². The molecule has 0 atom stereocenters. The lowest BCUT2D eigenvalue weighted by atomic mass is 10.0. The number of pyridine rings is 1. The van der Waals surface area contributed by atoms with E-state index in [0.717, 1.165) is 47.0 Å². The van der Waals surface area contributed by atoms with Gasteiger partial charge in [0, 0.05) is 29.1 Å². The number of rotatable bonds is 3. The number of para-hydroxylation sites is 1. The van der Waals surface area contributed by atoms with Crippen LogP contribution in [0.3, 0.4) is 0 Å². The first kappa shape index (κ1) is 15.3. The summed E-state index contributed by atoms with van der Waals surface area (Å²) in [5, 5.41) is 1.00. The van der Waals surface area contributed by atoms with Gasteiger partial charge in [-0.15, -0.1) is 0 Å². The number of nitrogens with zero attached hydrogens (tertiary/aromatic N) is 2. The number of hydrogen-bond acceptors (Lipinski definition) is 4. The van der Waals surface area contributed by atoms with Gasteiger partial charge >= 0.3 is 5.97 Å². The molecule has 22 heavy (non-hydrogen) atoms. The molecule has 1 aromatic heterocycles. The number of piperidine rings is 1. The third-order valence-electron chi connectivity index (χ3n) is 3.99. The predicted octanol–water partition coefficient (Wildman–Crippen LogP) is 4.16. The minimum absolute atomic E-state index is 0.294.